The highest BCUT2D eigenvalue weighted by atomic mass is 19.1. The van der Waals surface area contributed by atoms with Gasteiger partial charge in [-0.2, -0.15) is 0 Å². The Morgan fingerprint density at radius 3 is 2.48 bits per heavy atom. The summed E-state index contributed by atoms with van der Waals surface area (Å²) in [6, 6.07) is 17.1. The van der Waals surface area contributed by atoms with E-state index in [1.807, 2.05) is 12.1 Å². The van der Waals surface area contributed by atoms with Crippen molar-refractivity contribution in [3.8, 4) is 5.75 Å². The lowest BCUT2D eigenvalue weighted by Gasteiger charge is -2.07. The van der Waals surface area contributed by atoms with Crippen molar-refractivity contribution in [2.75, 3.05) is 0 Å². The number of esters is 1. The van der Waals surface area contributed by atoms with Crippen LogP contribution < -0.4 is 10.4 Å². The lowest BCUT2D eigenvalue weighted by Crippen LogP contribution is -2.08. The molecule has 0 radical (unpaired) electrons. The molecule has 0 spiro atoms. The minimum atomic E-state index is -0.693. The van der Waals surface area contributed by atoms with Crippen LogP contribution in [0.5, 0.6) is 5.75 Å². The monoisotopic (exact) mass is 334 g/mol. The standard InChI is InChI=1S/C20H11FO4/c21-13-5-3-4-12(10-13)19(22)24-14-8-9-16-15-6-1-2-7-17(15)20(23)25-18(16)11-14/h1-11H. The summed E-state index contributed by atoms with van der Waals surface area (Å²) in [7, 11) is 0. The third-order valence-corrected chi connectivity index (χ3v) is 3.86. The van der Waals surface area contributed by atoms with Crippen molar-refractivity contribution >= 4 is 27.7 Å². The number of carbonyl (C=O) groups excluding carboxylic acids is 1. The van der Waals surface area contributed by atoms with Crippen LogP contribution in [0.25, 0.3) is 21.7 Å². The van der Waals surface area contributed by atoms with Crippen LogP contribution in [0.2, 0.25) is 0 Å². The Morgan fingerprint density at radius 1 is 0.880 bits per heavy atom. The van der Waals surface area contributed by atoms with Gasteiger partial charge in [0.05, 0.1) is 10.9 Å². The van der Waals surface area contributed by atoms with Gasteiger partial charge < -0.3 is 9.15 Å². The lowest BCUT2D eigenvalue weighted by molar-refractivity contribution is 0.0734. The second kappa shape index (κ2) is 5.87. The molecule has 0 amide bonds. The summed E-state index contributed by atoms with van der Waals surface area (Å²) in [5, 5.41) is 1.98. The lowest BCUT2D eigenvalue weighted by atomic mass is 10.1. The van der Waals surface area contributed by atoms with Crippen LogP contribution >= 0.6 is 0 Å². The van der Waals surface area contributed by atoms with Crippen molar-refractivity contribution < 1.29 is 18.3 Å². The zero-order valence-corrected chi connectivity index (χ0v) is 12.9. The van der Waals surface area contributed by atoms with Crippen molar-refractivity contribution in [3.05, 3.63) is 88.5 Å². The Hall–Kier alpha value is -3.47. The van der Waals surface area contributed by atoms with Crippen molar-refractivity contribution in [2.24, 2.45) is 0 Å². The molecular weight excluding hydrogens is 323 g/mol. The highest BCUT2D eigenvalue weighted by Gasteiger charge is 2.12. The van der Waals surface area contributed by atoms with Gasteiger partial charge in [0.25, 0.3) is 0 Å². The number of hydrogen-bond donors (Lipinski definition) is 0. The van der Waals surface area contributed by atoms with Crippen molar-refractivity contribution in [2.45, 2.75) is 0 Å². The Morgan fingerprint density at radius 2 is 1.68 bits per heavy atom. The zero-order chi connectivity index (χ0) is 17.4. The van der Waals surface area contributed by atoms with Crippen LogP contribution in [0, 0.1) is 5.82 Å². The molecule has 25 heavy (non-hydrogen) atoms. The summed E-state index contributed by atoms with van der Waals surface area (Å²) < 4.78 is 23.8. The van der Waals surface area contributed by atoms with Gasteiger partial charge in [-0.15, -0.1) is 0 Å². The number of carbonyl (C=O) groups is 1. The van der Waals surface area contributed by atoms with Gasteiger partial charge in [0.15, 0.2) is 0 Å². The van der Waals surface area contributed by atoms with Crippen LogP contribution in [0.15, 0.2) is 75.9 Å². The van der Waals surface area contributed by atoms with Crippen molar-refractivity contribution in [3.63, 3.8) is 0 Å². The second-order valence-corrected chi connectivity index (χ2v) is 5.49. The summed E-state index contributed by atoms with van der Waals surface area (Å²) in [5.41, 5.74) is -0.0509. The van der Waals surface area contributed by atoms with E-state index in [1.165, 1.54) is 24.3 Å². The Bertz CT molecular complexity index is 1180. The van der Waals surface area contributed by atoms with Crippen LogP contribution in [0.4, 0.5) is 4.39 Å². The van der Waals surface area contributed by atoms with Crippen LogP contribution in [-0.2, 0) is 0 Å². The van der Waals surface area contributed by atoms with Gasteiger partial charge >= 0.3 is 11.6 Å². The molecule has 3 aromatic carbocycles. The highest BCUT2D eigenvalue weighted by molar-refractivity contribution is 6.04. The second-order valence-electron chi connectivity index (χ2n) is 5.49. The van der Waals surface area contributed by atoms with E-state index in [0.29, 0.717) is 11.0 Å². The molecule has 1 aromatic heterocycles. The minimum absolute atomic E-state index is 0.0973. The first kappa shape index (κ1) is 15.1. The number of ether oxygens (including phenoxy) is 1. The van der Waals surface area contributed by atoms with Crippen LogP contribution in [0.1, 0.15) is 10.4 Å². The molecule has 0 saturated heterocycles. The molecule has 0 saturated carbocycles. The van der Waals surface area contributed by atoms with Gasteiger partial charge in [-0.05, 0) is 41.8 Å². The van der Waals surface area contributed by atoms with E-state index in [9.17, 15) is 14.0 Å². The first-order valence-electron chi connectivity index (χ1n) is 7.55. The predicted molar refractivity (Wildman–Crippen MR) is 91.3 cm³/mol. The first-order valence-corrected chi connectivity index (χ1v) is 7.55. The van der Waals surface area contributed by atoms with E-state index in [1.54, 1.807) is 24.3 Å². The Kier molecular flexibility index (Phi) is 3.54. The molecule has 4 rings (SSSR count). The Balaban J connectivity index is 1.75. The van der Waals surface area contributed by atoms with E-state index in [4.69, 9.17) is 9.15 Å². The smallest absolute Gasteiger partial charge is 0.344 e. The SMILES string of the molecule is O=C(Oc1ccc2c(c1)oc(=O)c1ccccc12)c1cccc(F)c1. The maximum Gasteiger partial charge on any atom is 0.344 e. The molecule has 0 aliphatic heterocycles. The van der Waals surface area contributed by atoms with Gasteiger partial charge in [0.1, 0.15) is 17.1 Å². The topological polar surface area (TPSA) is 56.5 Å². The summed E-state index contributed by atoms with van der Waals surface area (Å²) >= 11 is 0. The fourth-order valence-corrected chi connectivity index (χ4v) is 2.71. The number of hydrogen-bond acceptors (Lipinski definition) is 4. The largest absolute Gasteiger partial charge is 0.423 e. The maximum atomic E-state index is 13.2. The van der Waals surface area contributed by atoms with E-state index >= 15 is 0 Å². The molecule has 0 N–H and O–H groups in total. The fraction of sp³-hybridized carbons (Fsp3) is 0. The van der Waals surface area contributed by atoms with E-state index in [0.717, 1.165) is 16.8 Å². The third kappa shape index (κ3) is 2.76. The molecule has 0 aliphatic rings. The van der Waals surface area contributed by atoms with Crippen LogP contribution in [0.3, 0.4) is 0 Å². The molecule has 5 heteroatoms. The van der Waals surface area contributed by atoms with Crippen LogP contribution in [-0.4, -0.2) is 5.97 Å². The van der Waals surface area contributed by atoms with E-state index < -0.39 is 17.4 Å². The maximum absolute atomic E-state index is 13.2. The van der Waals surface area contributed by atoms with Gasteiger partial charge in [-0.1, -0.05) is 24.3 Å². The van der Waals surface area contributed by atoms with Crippen molar-refractivity contribution in [1.82, 2.24) is 0 Å². The average Bonchev–Trinajstić information content (AvgIpc) is 2.62. The Labute approximate surface area is 141 Å². The van der Waals surface area contributed by atoms with E-state index in [-0.39, 0.29) is 11.3 Å². The molecule has 0 bridgehead atoms. The summed E-state index contributed by atoms with van der Waals surface area (Å²) in [6.07, 6.45) is 0. The van der Waals surface area contributed by atoms with Gasteiger partial charge in [0, 0.05) is 11.5 Å². The molecular formula is C20H11FO4. The van der Waals surface area contributed by atoms with Gasteiger partial charge in [-0.25, -0.2) is 14.0 Å². The molecule has 0 atom stereocenters. The summed E-state index contributed by atoms with van der Waals surface area (Å²) in [5.74, 6) is -1.01. The molecule has 0 aliphatic carbocycles. The van der Waals surface area contributed by atoms with Crippen molar-refractivity contribution in [1.29, 1.82) is 0 Å². The minimum Gasteiger partial charge on any atom is -0.423 e. The third-order valence-electron chi connectivity index (χ3n) is 3.86. The molecule has 122 valence electrons. The first-order chi connectivity index (χ1) is 12.1. The molecule has 1 heterocycles. The number of fused-ring (bicyclic) bond motifs is 3. The molecule has 4 aromatic rings. The van der Waals surface area contributed by atoms with Gasteiger partial charge in [0.2, 0.25) is 0 Å². The summed E-state index contributed by atoms with van der Waals surface area (Å²) in [4.78, 5) is 24.2. The zero-order valence-electron chi connectivity index (χ0n) is 12.9. The molecule has 0 fully saturated rings. The average molecular weight is 334 g/mol. The number of rotatable bonds is 2. The highest BCUT2D eigenvalue weighted by Crippen LogP contribution is 2.26. The predicted octanol–water partition coefficient (Wildman–Crippen LogP) is 4.30. The molecule has 4 nitrogen and oxygen atoms in total. The molecule has 0 unspecified atom stereocenters. The number of benzene rings is 3. The quantitative estimate of drug-likeness (QED) is 0.237. The van der Waals surface area contributed by atoms with E-state index in [2.05, 4.69) is 0 Å². The summed E-state index contributed by atoms with van der Waals surface area (Å²) in [6.45, 7) is 0. The van der Waals surface area contributed by atoms with Gasteiger partial charge in [-0.3, -0.25) is 0 Å². The normalized spacial score (nSPS) is 10.9. The number of halogens is 1. The fourth-order valence-electron chi connectivity index (χ4n) is 2.71.